The molecule has 4 aromatic rings. The predicted octanol–water partition coefficient (Wildman–Crippen LogP) is 9.17. The maximum Gasteiger partial charge on any atom is 0.161 e. The number of nitrogens with zero attached hydrogens (tertiary/aromatic N) is 1. The van der Waals surface area contributed by atoms with Crippen LogP contribution in [0.1, 0.15) is 44.6 Å². The van der Waals surface area contributed by atoms with Crippen LogP contribution in [0.4, 0.5) is 17.6 Å². The third-order valence-corrected chi connectivity index (χ3v) is 5.03. The van der Waals surface area contributed by atoms with Crippen molar-refractivity contribution in [2.24, 2.45) is 0 Å². The molecule has 0 atom stereocenters. The summed E-state index contributed by atoms with van der Waals surface area (Å²) in [7, 11) is 0. The van der Waals surface area contributed by atoms with Crippen LogP contribution in [0.15, 0.2) is 66.9 Å². The molecule has 3 aromatic carbocycles. The average Bonchev–Trinajstić information content (AvgIpc) is 2.79. The van der Waals surface area contributed by atoms with Crippen LogP contribution in [0.25, 0.3) is 0 Å². The van der Waals surface area contributed by atoms with Crippen molar-refractivity contribution in [3.63, 3.8) is 0 Å². The van der Waals surface area contributed by atoms with Crippen molar-refractivity contribution >= 4 is 0 Å². The molecule has 0 saturated heterocycles. The number of rotatable bonds is 0. The molecule has 0 amide bonds. The predicted molar refractivity (Wildman–Crippen MR) is 141 cm³/mol. The van der Waals surface area contributed by atoms with Crippen LogP contribution in [0, 0.1) is 78.7 Å². The first-order valence-corrected chi connectivity index (χ1v) is 11.6. The highest BCUT2D eigenvalue weighted by Crippen LogP contribution is 2.12. The van der Waals surface area contributed by atoms with Gasteiger partial charge in [0.2, 0.25) is 0 Å². The molecule has 1 nitrogen and oxygen atoms in total. The zero-order valence-corrected chi connectivity index (χ0v) is 22.3. The van der Waals surface area contributed by atoms with E-state index in [9.17, 15) is 17.6 Å². The Labute approximate surface area is 212 Å². The molecule has 1 heterocycles. The summed E-state index contributed by atoms with van der Waals surface area (Å²) >= 11 is 0. The molecule has 0 bridgehead atoms. The van der Waals surface area contributed by atoms with E-state index in [4.69, 9.17) is 0 Å². The van der Waals surface area contributed by atoms with Gasteiger partial charge in [-0.1, -0.05) is 41.5 Å². The zero-order chi connectivity index (χ0) is 27.4. The van der Waals surface area contributed by atoms with Crippen molar-refractivity contribution in [2.75, 3.05) is 0 Å². The number of benzene rings is 3. The summed E-state index contributed by atoms with van der Waals surface area (Å²) in [6.07, 6.45) is 1.82. The summed E-state index contributed by atoms with van der Waals surface area (Å²) in [5, 5.41) is 0. The molecule has 0 spiro atoms. The summed E-state index contributed by atoms with van der Waals surface area (Å²) in [4.78, 5) is 4.04. The lowest BCUT2D eigenvalue weighted by molar-refractivity contribution is 0.502. The van der Waals surface area contributed by atoms with E-state index in [-0.39, 0.29) is 11.6 Å². The molecular formula is C31H35F4N. The molecule has 0 aliphatic heterocycles. The summed E-state index contributed by atoms with van der Waals surface area (Å²) in [6.45, 7) is 14.8. The lowest BCUT2D eigenvalue weighted by Gasteiger charge is -1.98. The highest BCUT2D eigenvalue weighted by Gasteiger charge is 2.04. The number of pyridine rings is 1. The Morgan fingerprint density at radius 2 is 0.889 bits per heavy atom. The molecule has 36 heavy (non-hydrogen) atoms. The summed E-state index contributed by atoms with van der Waals surface area (Å²) in [6, 6.07) is 17.0. The van der Waals surface area contributed by atoms with Gasteiger partial charge in [-0.25, -0.2) is 17.6 Å². The lowest BCUT2D eigenvalue weighted by Crippen LogP contribution is -1.89. The van der Waals surface area contributed by atoms with Crippen molar-refractivity contribution < 1.29 is 17.6 Å². The van der Waals surface area contributed by atoms with E-state index in [2.05, 4.69) is 18.0 Å². The van der Waals surface area contributed by atoms with E-state index in [0.717, 1.165) is 33.5 Å². The minimum atomic E-state index is -0.766. The minimum Gasteiger partial charge on any atom is -0.262 e. The fourth-order valence-corrected chi connectivity index (χ4v) is 3.17. The van der Waals surface area contributed by atoms with Gasteiger partial charge in [0.25, 0.3) is 0 Å². The molecule has 5 heteroatoms. The largest absolute Gasteiger partial charge is 0.262 e. The lowest BCUT2D eigenvalue weighted by atomic mass is 10.1. The van der Waals surface area contributed by atoms with Crippen LogP contribution >= 0.6 is 0 Å². The molecule has 0 fully saturated rings. The second kappa shape index (κ2) is 14.8. The smallest absolute Gasteiger partial charge is 0.161 e. The van der Waals surface area contributed by atoms with Gasteiger partial charge in [-0.05, 0) is 114 Å². The summed E-state index contributed by atoms with van der Waals surface area (Å²) in [5.41, 5.74) is 7.12. The Morgan fingerprint density at radius 3 is 1.22 bits per heavy atom. The first-order chi connectivity index (χ1) is 16.8. The third kappa shape index (κ3) is 11.3. The number of hydrogen-bond donors (Lipinski definition) is 0. The van der Waals surface area contributed by atoms with Crippen molar-refractivity contribution in [3.8, 4) is 0 Å². The van der Waals surface area contributed by atoms with Gasteiger partial charge in [0, 0.05) is 11.9 Å². The van der Waals surface area contributed by atoms with Gasteiger partial charge in [0.05, 0.1) is 0 Å². The SMILES string of the molecule is Cc1cc(C)c(F)c(F)c1.Cc1ccc(F)c(C)c1.Cc1ccc(F)c(C)c1.Cc1ccnc(C)c1. The average molecular weight is 498 g/mol. The first kappa shape index (κ1) is 30.6. The van der Waals surface area contributed by atoms with Crippen LogP contribution in [0.2, 0.25) is 0 Å². The van der Waals surface area contributed by atoms with Gasteiger partial charge >= 0.3 is 0 Å². The maximum absolute atomic E-state index is 12.5. The van der Waals surface area contributed by atoms with Gasteiger partial charge in [-0.3, -0.25) is 4.98 Å². The van der Waals surface area contributed by atoms with E-state index >= 15 is 0 Å². The van der Waals surface area contributed by atoms with E-state index in [1.54, 1.807) is 45.9 Å². The fraction of sp³-hybridized carbons (Fsp3) is 0.258. The van der Waals surface area contributed by atoms with Crippen molar-refractivity contribution in [1.82, 2.24) is 4.98 Å². The van der Waals surface area contributed by atoms with Crippen LogP contribution in [-0.2, 0) is 0 Å². The van der Waals surface area contributed by atoms with Crippen molar-refractivity contribution in [3.05, 3.63) is 135 Å². The Morgan fingerprint density at radius 1 is 0.444 bits per heavy atom. The van der Waals surface area contributed by atoms with Gasteiger partial charge in [-0.2, -0.15) is 0 Å². The molecule has 0 saturated carbocycles. The van der Waals surface area contributed by atoms with Gasteiger partial charge < -0.3 is 0 Å². The van der Waals surface area contributed by atoms with E-state index in [0.29, 0.717) is 5.56 Å². The molecule has 0 unspecified atom stereocenters. The summed E-state index contributed by atoms with van der Waals surface area (Å²) < 4.78 is 50.0. The van der Waals surface area contributed by atoms with Crippen molar-refractivity contribution in [1.29, 1.82) is 0 Å². The minimum absolute atomic E-state index is 0.124. The molecule has 192 valence electrons. The molecule has 0 aliphatic rings. The molecular weight excluding hydrogens is 462 g/mol. The Hall–Kier alpha value is -3.47. The second-order valence-electron chi connectivity index (χ2n) is 8.86. The normalized spacial score (nSPS) is 9.67. The number of aryl methyl sites for hydroxylation is 8. The molecule has 0 aliphatic carbocycles. The van der Waals surface area contributed by atoms with Crippen LogP contribution in [0.5, 0.6) is 0 Å². The van der Waals surface area contributed by atoms with Gasteiger partial charge in [0.15, 0.2) is 11.6 Å². The topological polar surface area (TPSA) is 12.9 Å². The second-order valence-corrected chi connectivity index (χ2v) is 8.86. The molecule has 0 radical (unpaired) electrons. The number of halogens is 4. The highest BCUT2D eigenvalue weighted by molar-refractivity contribution is 5.24. The van der Waals surface area contributed by atoms with Gasteiger partial charge in [0.1, 0.15) is 11.6 Å². The quantitative estimate of drug-likeness (QED) is 0.221. The van der Waals surface area contributed by atoms with E-state index in [1.807, 2.05) is 45.2 Å². The number of aromatic nitrogens is 1. The standard InChI is InChI=1S/C8H8F2.2C8H9F.C7H9N/c1-5-3-6(2)8(10)7(9)4-5;2*1-6-3-4-8(9)7(2)5-6;1-6-3-4-8-7(2)5-6/h3-4H,1-2H3;2*3-5H,1-2H3;3-5H,1-2H3. The Balaban J connectivity index is 0.000000241. The maximum atomic E-state index is 12.5. The molecule has 4 rings (SSSR count). The van der Waals surface area contributed by atoms with Crippen LogP contribution in [0.3, 0.4) is 0 Å². The number of hydrogen-bond acceptors (Lipinski definition) is 1. The van der Waals surface area contributed by atoms with Crippen LogP contribution < -0.4 is 0 Å². The third-order valence-electron chi connectivity index (χ3n) is 5.03. The van der Waals surface area contributed by atoms with Crippen molar-refractivity contribution in [2.45, 2.75) is 55.4 Å². The van der Waals surface area contributed by atoms with E-state index in [1.165, 1.54) is 23.8 Å². The van der Waals surface area contributed by atoms with Gasteiger partial charge in [-0.15, -0.1) is 0 Å². The fourth-order valence-electron chi connectivity index (χ4n) is 3.17. The molecule has 1 aromatic heterocycles. The Bertz CT molecular complexity index is 1180. The summed E-state index contributed by atoms with van der Waals surface area (Å²) in [5.74, 6) is -1.76. The van der Waals surface area contributed by atoms with Crippen LogP contribution in [-0.4, -0.2) is 4.98 Å². The highest BCUT2D eigenvalue weighted by atomic mass is 19.2. The monoisotopic (exact) mass is 497 g/mol. The molecule has 0 N–H and O–H groups in total. The van der Waals surface area contributed by atoms with E-state index < -0.39 is 11.6 Å². The first-order valence-electron chi connectivity index (χ1n) is 11.6. The Kier molecular flexibility index (Phi) is 12.6. The zero-order valence-electron chi connectivity index (χ0n) is 22.3.